The van der Waals surface area contributed by atoms with Crippen LogP contribution in [0.15, 0.2) is 24.3 Å². The maximum absolute atomic E-state index is 12.6. The largest absolute Gasteiger partial charge is 0.461 e. The van der Waals surface area contributed by atoms with E-state index in [9.17, 15) is 9.18 Å². The molecule has 0 unspecified atom stereocenters. The number of rotatable bonds is 6. The van der Waals surface area contributed by atoms with Crippen LogP contribution in [0.5, 0.6) is 0 Å². The molecule has 2 aromatic rings. The van der Waals surface area contributed by atoms with E-state index in [1.165, 1.54) is 4.68 Å². The molecule has 0 saturated heterocycles. The average Bonchev–Trinajstić information content (AvgIpc) is 2.85. The van der Waals surface area contributed by atoms with Crippen LogP contribution in [0.3, 0.4) is 0 Å². The molecule has 0 radical (unpaired) electrons. The SMILES string of the molecule is CCOC(=O)c1nnn(CCF)c1Cc1ccccc1Cl. The summed E-state index contributed by atoms with van der Waals surface area (Å²) in [6, 6.07) is 7.25. The second-order valence-corrected chi connectivity index (χ2v) is 4.69. The number of ether oxygens (including phenoxy) is 1. The van der Waals surface area contributed by atoms with Crippen LogP contribution in [0.1, 0.15) is 28.7 Å². The number of benzene rings is 1. The van der Waals surface area contributed by atoms with E-state index in [1.54, 1.807) is 13.0 Å². The fraction of sp³-hybridized carbons (Fsp3) is 0.357. The molecule has 0 aliphatic heterocycles. The Morgan fingerprint density at radius 3 is 2.86 bits per heavy atom. The molecule has 1 aromatic heterocycles. The van der Waals surface area contributed by atoms with Crippen LogP contribution >= 0.6 is 11.6 Å². The Balaban J connectivity index is 2.37. The molecule has 112 valence electrons. The summed E-state index contributed by atoms with van der Waals surface area (Å²) in [6.45, 7) is 1.38. The number of carbonyl (C=O) groups is 1. The zero-order valence-electron chi connectivity index (χ0n) is 11.6. The quantitative estimate of drug-likeness (QED) is 0.770. The Morgan fingerprint density at radius 2 is 2.19 bits per heavy atom. The van der Waals surface area contributed by atoms with Gasteiger partial charge in [-0.15, -0.1) is 5.10 Å². The first kappa shape index (κ1) is 15.4. The number of nitrogens with zero attached hydrogens (tertiary/aromatic N) is 3. The number of hydrogen-bond donors (Lipinski definition) is 0. The molecule has 0 N–H and O–H groups in total. The highest BCUT2D eigenvalue weighted by Crippen LogP contribution is 2.20. The lowest BCUT2D eigenvalue weighted by molar-refractivity contribution is 0.0518. The Bertz CT molecular complexity index is 630. The molecule has 0 amide bonds. The number of carbonyl (C=O) groups excluding carboxylic acids is 1. The van der Waals surface area contributed by atoms with Gasteiger partial charge in [0.15, 0.2) is 5.69 Å². The number of aromatic nitrogens is 3. The topological polar surface area (TPSA) is 57.0 Å². The van der Waals surface area contributed by atoms with Crippen molar-refractivity contribution in [2.45, 2.75) is 19.9 Å². The number of alkyl halides is 1. The molecule has 0 spiro atoms. The Labute approximate surface area is 126 Å². The molecule has 0 bridgehead atoms. The van der Waals surface area contributed by atoms with Gasteiger partial charge in [0.1, 0.15) is 6.67 Å². The number of halogens is 2. The second kappa shape index (κ2) is 7.17. The van der Waals surface area contributed by atoms with Crippen LogP contribution in [0.4, 0.5) is 4.39 Å². The van der Waals surface area contributed by atoms with Crippen molar-refractivity contribution >= 4 is 17.6 Å². The predicted molar refractivity (Wildman–Crippen MR) is 76.2 cm³/mol. The van der Waals surface area contributed by atoms with Gasteiger partial charge in [-0.2, -0.15) is 0 Å². The fourth-order valence-corrected chi connectivity index (χ4v) is 2.15. The lowest BCUT2D eigenvalue weighted by atomic mass is 10.1. The third-order valence-corrected chi connectivity index (χ3v) is 3.29. The molecule has 5 nitrogen and oxygen atoms in total. The normalized spacial score (nSPS) is 10.6. The summed E-state index contributed by atoms with van der Waals surface area (Å²) in [5.74, 6) is -0.565. The number of aryl methyl sites for hydroxylation is 1. The van der Waals surface area contributed by atoms with E-state index in [2.05, 4.69) is 10.3 Å². The molecular formula is C14H15ClFN3O2. The lowest BCUT2D eigenvalue weighted by Crippen LogP contribution is -2.12. The summed E-state index contributed by atoms with van der Waals surface area (Å²) in [4.78, 5) is 11.9. The van der Waals surface area contributed by atoms with Crippen molar-refractivity contribution in [3.05, 3.63) is 46.2 Å². The highest BCUT2D eigenvalue weighted by Gasteiger charge is 2.21. The average molecular weight is 312 g/mol. The van der Waals surface area contributed by atoms with Gasteiger partial charge in [0.05, 0.1) is 18.8 Å². The molecule has 0 aliphatic rings. The van der Waals surface area contributed by atoms with Crippen LogP contribution in [0.25, 0.3) is 0 Å². The third kappa shape index (κ3) is 3.58. The van der Waals surface area contributed by atoms with Crippen molar-refractivity contribution in [3.63, 3.8) is 0 Å². The summed E-state index contributed by atoms with van der Waals surface area (Å²) >= 11 is 6.12. The first-order valence-corrected chi connectivity index (χ1v) is 6.94. The van der Waals surface area contributed by atoms with Gasteiger partial charge in [-0.1, -0.05) is 35.0 Å². The molecule has 0 aliphatic carbocycles. The Hall–Kier alpha value is -1.95. The standard InChI is InChI=1S/C14H15ClFN3O2/c1-2-21-14(20)13-12(19(8-7-16)18-17-13)9-10-5-3-4-6-11(10)15/h3-6H,2,7-9H2,1H3. The molecular weight excluding hydrogens is 297 g/mol. The van der Waals surface area contributed by atoms with Gasteiger partial charge < -0.3 is 4.74 Å². The van der Waals surface area contributed by atoms with Crippen LogP contribution in [-0.4, -0.2) is 34.2 Å². The van der Waals surface area contributed by atoms with Gasteiger partial charge >= 0.3 is 5.97 Å². The van der Waals surface area contributed by atoms with Crippen molar-refractivity contribution in [1.29, 1.82) is 0 Å². The summed E-state index contributed by atoms with van der Waals surface area (Å²) in [7, 11) is 0. The second-order valence-electron chi connectivity index (χ2n) is 4.29. The highest BCUT2D eigenvalue weighted by molar-refractivity contribution is 6.31. The van der Waals surface area contributed by atoms with Crippen LogP contribution in [0, 0.1) is 0 Å². The fourth-order valence-electron chi connectivity index (χ4n) is 1.95. The van der Waals surface area contributed by atoms with E-state index in [1.807, 2.05) is 18.2 Å². The van der Waals surface area contributed by atoms with Gasteiger partial charge in [0.2, 0.25) is 0 Å². The van der Waals surface area contributed by atoms with Gasteiger partial charge in [0, 0.05) is 11.4 Å². The minimum atomic E-state index is -0.596. The monoisotopic (exact) mass is 311 g/mol. The minimum Gasteiger partial charge on any atom is -0.461 e. The summed E-state index contributed by atoms with van der Waals surface area (Å²) < 4.78 is 18.9. The van der Waals surface area contributed by atoms with Crippen molar-refractivity contribution in [3.8, 4) is 0 Å². The molecule has 1 heterocycles. The van der Waals surface area contributed by atoms with Gasteiger partial charge in [0.25, 0.3) is 0 Å². The van der Waals surface area contributed by atoms with E-state index in [4.69, 9.17) is 16.3 Å². The summed E-state index contributed by atoms with van der Waals surface area (Å²) in [5, 5.41) is 8.20. The zero-order chi connectivity index (χ0) is 15.2. The van der Waals surface area contributed by atoms with E-state index in [-0.39, 0.29) is 18.8 Å². The predicted octanol–water partition coefficient (Wildman–Crippen LogP) is 2.67. The number of hydrogen-bond acceptors (Lipinski definition) is 4. The van der Waals surface area contributed by atoms with Crippen molar-refractivity contribution in [2.75, 3.05) is 13.3 Å². The van der Waals surface area contributed by atoms with Crippen molar-refractivity contribution < 1.29 is 13.9 Å². The summed E-state index contributed by atoms with van der Waals surface area (Å²) in [5.41, 5.74) is 1.41. The zero-order valence-corrected chi connectivity index (χ0v) is 12.3. The minimum absolute atomic E-state index is 0.0339. The van der Waals surface area contributed by atoms with Crippen LogP contribution in [-0.2, 0) is 17.7 Å². The van der Waals surface area contributed by atoms with E-state index in [0.717, 1.165) is 5.56 Å². The molecule has 2 rings (SSSR count). The Kier molecular flexibility index (Phi) is 5.27. The number of esters is 1. The molecule has 0 atom stereocenters. The maximum Gasteiger partial charge on any atom is 0.360 e. The molecule has 0 fully saturated rings. The van der Waals surface area contributed by atoms with E-state index < -0.39 is 12.6 Å². The smallest absolute Gasteiger partial charge is 0.360 e. The van der Waals surface area contributed by atoms with Crippen molar-refractivity contribution in [2.24, 2.45) is 0 Å². The first-order chi connectivity index (χ1) is 10.2. The molecule has 1 aromatic carbocycles. The first-order valence-electron chi connectivity index (χ1n) is 6.56. The highest BCUT2D eigenvalue weighted by atomic mass is 35.5. The lowest BCUT2D eigenvalue weighted by Gasteiger charge is -2.08. The molecule has 0 saturated carbocycles. The van der Waals surface area contributed by atoms with Crippen molar-refractivity contribution in [1.82, 2.24) is 15.0 Å². The van der Waals surface area contributed by atoms with E-state index in [0.29, 0.717) is 17.1 Å². The van der Waals surface area contributed by atoms with E-state index >= 15 is 0 Å². The summed E-state index contributed by atoms with van der Waals surface area (Å²) in [6.07, 6.45) is 0.334. The third-order valence-electron chi connectivity index (χ3n) is 2.92. The Morgan fingerprint density at radius 1 is 1.43 bits per heavy atom. The van der Waals surface area contributed by atoms with Crippen LogP contribution in [0.2, 0.25) is 5.02 Å². The van der Waals surface area contributed by atoms with Gasteiger partial charge in [-0.25, -0.2) is 13.9 Å². The molecule has 21 heavy (non-hydrogen) atoms. The van der Waals surface area contributed by atoms with Gasteiger partial charge in [-0.3, -0.25) is 0 Å². The molecule has 7 heteroatoms. The maximum atomic E-state index is 12.6. The van der Waals surface area contributed by atoms with Gasteiger partial charge in [-0.05, 0) is 18.6 Å². The van der Waals surface area contributed by atoms with Crippen LogP contribution < -0.4 is 0 Å².